The van der Waals surface area contributed by atoms with E-state index >= 15 is 0 Å². The van der Waals surface area contributed by atoms with Crippen LogP contribution in [-0.2, 0) is 4.43 Å². The lowest BCUT2D eigenvalue weighted by molar-refractivity contribution is 0.133. The Kier molecular flexibility index (Phi) is 5.45. The molecule has 6 nitrogen and oxygen atoms in total. The Balaban J connectivity index is 1.61. The number of pyridine rings is 1. The summed E-state index contributed by atoms with van der Waals surface area (Å²) in [6, 6.07) is 0.390. The van der Waals surface area contributed by atoms with Crippen molar-refractivity contribution in [2.75, 3.05) is 11.1 Å². The highest BCUT2D eigenvalue weighted by Gasteiger charge is 2.39. The fraction of sp³-hybridized carbons (Fsp3) is 0.650. The van der Waals surface area contributed by atoms with Gasteiger partial charge >= 0.3 is 0 Å². The van der Waals surface area contributed by atoms with E-state index in [0.29, 0.717) is 23.9 Å². The molecule has 2 aromatic heterocycles. The normalized spacial score (nSPS) is 21.4. The lowest BCUT2D eigenvalue weighted by Crippen LogP contribution is -2.45. The number of nitrogens with two attached hydrogens (primary N) is 1. The van der Waals surface area contributed by atoms with Crippen LogP contribution in [0.3, 0.4) is 0 Å². The highest BCUT2D eigenvalue weighted by molar-refractivity contribution is 6.74. The number of hydrogen-bond acceptors (Lipinski definition) is 6. The molecule has 2 aromatic rings. The average Bonchev–Trinajstić information content (AvgIpc) is 2.59. The first-order valence-electron chi connectivity index (χ1n) is 9.89. The Morgan fingerprint density at radius 2 is 1.78 bits per heavy atom. The minimum Gasteiger partial charge on any atom is -0.414 e. The Morgan fingerprint density at radius 3 is 2.41 bits per heavy atom. The smallest absolute Gasteiger partial charge is 0.223 e. The quantitative estimate of drug-likeness (QED) is 0.742. The number of rotatable bonds is 4. The van der Waals surface area contributed by atoms with Crippen molar-refractivity contribution in [1.29, 1.82) is 0 Å². The molecule has 0 saturated heterocycles. The van der Waals surface area contributed by atoms with Crippen molar-refractivity contribution < 1.29 is 4.43 Å². The fourth-order valence-corrected chi connectivity index (χ4v) is 4.76. The zero-order valence-corrected chi connectivity index (χ0v) is 18.5. The van der Waals surface area contributed by atoms with Crippen molar-refractivity contribution in [1.82, 2.24) is 15.0 Å². The zero-order valence-electron chi connectivity index (χ0n) is 17.5. The minimum atomic E-state index is -1.69. The molecule has 1 aliphatic rings. The predicted octanol–water partition coefficient (Wildman–Crippen LogP) is 4.66. The van der Waals surface area contributed by atoms with Crippen molar-refractivity contribution >= 4 is 31.0 Å². The maximum atomic E-state index is 6.59. The molecule has 0 bridgehead atoms. The summed E-state index contributed by atoms with van der Waals surface area (Å²) >= 11 is 0. The van der Waals surface area contributed by atoms with Gasteiger partial charge < -0.3 is 15.5 Å². The molecule has 7 heteroatoms. The van der Waals surface area contributed by atoms with Gasteiger partial charge in [-0.05, 0) is 56.3 Å². The number of nitrogens with one attached hydrogen (secondary N) is 1. The number of fused-ring (bicyclic) bond motifs is 1. The van der Waals surface area contributed by atoms with E-state index in [9.17, 15) is 0 Å². The van der Waals surface area contributed by atoms with Gasteiger partial charge in [-0.15, -0.1) is 0 Å². The van der Waals surface area contributed by atoms with Gasteiger partial charge in [-0.1, -0.05) is 20.8 Å². The van der Waals surface area contributed by atoms with Gasteiger partial charge in [0.1, 0.15) is 5.82 Å². The molecule has 27 heavy (non-hydrogen) atoms. The third kappa shape index (κ3) is 4.40. The summed E-state index contributed by atoms with van der Waals surface area (Å²) in [5, 5.41) is 4.58. The standard InChI is InChI=1S/C20H33N5OSi/c1-13-11-22-18(21)16-12-23-19(25-17(13)16)24-14-7-9-15(10-8-14)26-27(5,6)20(2,3)4/h11-12,14-15H,7-10H2,1-6H3,(H2,21,22)(H,23,24,25). The van der Waals surface area contributed by atoms with E-state index < -0.39 is 8.32 Å². The molecule has 0 unspecified atom stereocenters. The van der Waals surface area contributed by atoms with Crippen molar-refractivity contribution in [2.45, 2.75) is 83.7 Å². The molecule has 1 fully saturated rings. The van der Waals surface area contributed by atoms with E-state index in [-0.39, 0.29) is 5.04 Å². The van der Waals surface area contributed by atoms with Crippen LogP contribution in [-0.4, -0.2) is 35.4 Å². The van der Waals surface area contributed by atoms with E-state index in [0.717, 1.165) is 42.1 Å². The van der Waals surface area contributed by atoms with Crippen LogP contribution in [0, 0.1) is 6.92 Å². The topological polar surface area (TPSA) is 86.0 Å². The second-order valence-corrected chi connectivity index (χ2v) is 14.0. The van der Waals surface area contributed by atoms with Crippen LogP contribution >= 0.6 is 0 Å². The largest absolute Gasteiger partial charge is 0.414 e. The van der Waals surface area contributed by atoms with Crippen LogP contribution in [0.4, 0.5) is 11.8 Å². The number of anilines is 2. The van der Waals surface area contributed by atoms with Crippen molar-refractivity contribution in [3.63, 3.8) is 0 Å². The SMILES string of the molecule is Cc1cnc(N)c2cnc(NC3CCC(O[Si](C)(C)C(C)(C)C)CC3)nc12. The predicted molar refractivity (Wildman–Crippen MR) is 114 cm³/mol. The van der Waals surface area contributed by atoms with Crippen molar-refractivity contribution in [3.8, 4) is 0 Å². The number of hydrogen-bond donors (Lipinski definition) is 2. The van der Waals surface area contributed by atoms with E-state index in [1.54, 1.807) is 12.4 Å². The monoisotopic (exact) mass is 387 g/mol. The molecule has 2 heterocycles. The molecular formula is C20H33N5OSi. The summed E-state index contributed by atoms with van der Waals surface area (Å²) in [5.74, 6) is 1.15. The molecule has 0 aromatic carbocycles. The first-order chi connectivity index (χ1) is 12.6. The molecular weight excluding hydrogens is 354 g/mol. The molecule has 1 aliphatic carbocycles. The molecule has 0 radical (unpaired) electrons. The lowest BCUT2D eigenvalue weighted by Gasteiger charge is -2.41. The van der Waals surface area contributed by atoms with Gasteiger partial charge in [0, 0.05) is 24.5 Å². The van der Waals surface area contributed by atoms with Gasteiger partial charge in [-0.25, -0.2) is 15.0 Å². The van der Waals surface area contributed by atoms with Crippen LogP contribution < -0.4 is 11.1 Å². The van der Waals surface area contributed by atoms with Crippen LogP contribution in [0.1, 0.15) is 52.0 Å². The summed E-state index contributed by atoms with van der Waals surface area (Å²) in [7, 11) is -1.69. The highest BCUT2D eigenvalue weighted by atomic mass is 28.4. The second kappa shape index (κ2) is 7.35. The third-order valence-corrected chi connectivity index (χ3v) is 10.6. The van der Waals surface area contributed by atoms with Crippen LogP contribution in [0.15, 0.2) is 12.4 Å². The second-order valence-electron chi connectivity index (χ2n) is 9.28. The summed E-state index contributed by atoms with van der Waals surface area (Å²) in [6.45, 7) is 13.6. The minimum absolute atomic E-state index is 0.260. The van der Waals surface area contributed by atoms with Gasteiger partial charge in [0.05, 0.1) is 10.9 Å². The lowest BCUT2D eigenvalue weighted by atomic mass is 9.93. The molecule has 1 saturated carbocycles. The fourth-order valence-electron chi connectivity index (χ4n) is 3.34. The van der Waals surface area contributed by atoms with Crippen LogP contribution in [0.5, 0.6) is 0 Å². The Bertz CT molecular complexity index is 810. The van der Waals surface area contributed by atoms with Gasteiger partial charge in [0.15, 0.2) is 8.32 Å². The van der Waals surface area contributed by atoms with Crippen molar-refractivity contribution in [3.05, 3.63) is 18.0 Å². The Labute approximate surface area is 163 Å². The summed E-state index contributed by atoms with van der Waals surface area (Å²) < 4.78 is 6.59. The van der Waals surface area contributed by atoms with Crippen LogP contribution in [0.25, 0.3) is 10.9 Å². The molecule has 0 atom stereocenters. The molecule has 148 valence electrons. The Morgan fingerprint density at radius 1 is 1.11 bits per heavy atom. The summed E-state index contributed by atoms with van der Waals surface area (Å²) in [5.41, 5.74) is 7.81. The van der Waals surface area contributed by atoms with E-state index in [2.05, 4.69) is 54.1 Å². The van der Waals surface area contributed by atoms with Gasteiger partial charge in [0.2, 0.25) is 5.95 Å². The van der Waals surface area contributed by atoms with E-state index in [1.165, 1.54) is 0 Å². The number of nitrogens with zero attached hydrogens (tertiary/aromatic N) is 3. The van der Waals surface area contributed by atoms with Crippen LogP contribution in [0.2, 0.25) is 18.1 Å². The number of aromatic nitrogens is 3. The first-order valence-corrected chi connectivity index (χ1v) is 12.8. The third-order valence-electron chi connectivity index (χ3n) is 6.11. The molecule has 3 rings (SSSR count). The van der Waals surface area contributed by atoms with Crippen molar-refractivity contribution in [2.24, 2.45) is 0 Å². The maximum Gasteiger partial charge on any atom is 0.223 e. The van der Waals surface area contributed by atoms with Gasteiger partial charge in [-0.2, -0.15) is 0 Å². The number of aryl methyl sites for hydroxylation is 1. The molecule has 0 spiro atoms. The van der Waals surface area contributed by atoms with Gasteiger partial charge in [-0.3, -0.25) is 0 Å². The Hall–Kier alpha value is -1.73. The maximum absolute atomic E-state index is 6.59. The summed E-state index contributed by atoms with van der Waals surface area (Å²) in [4.78, 5) is 13.3. The molecule has 0 amide bonds. The zero-order chi connectivity index (χ0) is 19.8. The number of nitrogen functional groups attached to an aromatic ring is 1. The average molecular weight is 388 g/mol. The van der Waals surface area contributed by atoms with E-state index in [4.69, 9.17) is 10.2 Å². The molecule has 3 N–H and O–H groups in total. The summed E-state index contributed by atoms with van der Waals surface area (Å²) in [6.07, 6.45) is 8.26. The first kappa shape index (κ1) is 20.0. The van der Waals surface area contributed by atoms with Gasteiger partial charge in [0.25, 0.3) is 0 Å². The van der Waals surface area contributed by atoms with E-state index in [1.807, 2.05) is 6.92 Å². The highest BCUT2D eigenvalue weighted by Crippen LogP contribution is 2.39. The molecule has 0 aliphatic heterocycles.